The van der Waals surface area contributed by atoms with Crippen LogP contribution < -0.4 is 9.47 Å². The minimum absolute atomic E-state index is 0.0376. The van der Waals surface area contributed by atoms with Gasteiger partial charge >= 0.3 is 0 Å². The number of carbonyl (C=O) groups excluding carboxylic acids is 2. The van der Waals surface area contributed by atoms with E-state index in [0.29, 0.717) is 35.8 Å². The maximum absolute atomic E-state index is 12.9. The van der Waals surface area contributed by atoms with E-state index in [1.54, 1.807) is 24.3 Å². The molecule has 1 saturated heterocycles. The summed E-state index contributed by atoms with van der Waals surface area (Å²) in [5, 5.41) is 10.4. The Bertz CT molecular complexity index is 1340. The van der Waals surface area contributed by atoms with Gasteiger partial charge in [0.1, 0.15) is 6.61 Å². The largest absolute Gasteiger partial charge is 0.490 e. The number of rotatable bonds is 9. The summed E-state index contributed by atoms with van der Waals surface area (Å²) in [6, 6.07) is 19.2. The molecule has 3 aromatic carbocycles. The highest BCUT2D eigenvalue weighted by Gasteiger charge is 2.35. The fourth-order valence-electron chi connectivity index (χ4n) is 3.66. The molecule has 0 spiro atoms. The first-order valence-electron chi connectivity index (χ1n) is 11.3. The second-order valence-electron chi connectivity index (χ2n) is 8.11. The number of carbonyl (C=O) groups is 2. The molecule has 2 amide bonds. The van der Waals surface area contributed by atoms with Crippen LogP contribution in [-0.4, -0.2) is 27.6 Å². The molecule has 1 heterocycles. The van der Waals surface area contributed by atoms with Gasteiger partial charge in [0.2, 0.25) is 0 Å². The summed E-state index contributed by atoms with van der Waals surface area (Å²) in [6.45, 7) is 4.77. The van der Waals surface area contributed by atoms with Crippen LogP contribution in [0.5, 0.6) is 11.5 Å². The Morgan fingerprint density at radius 1 is 0.972 bits per heavy atom. The Hall–Kier alpha value is -4.11. The molecule has 0 saturated carbocycles. The lowest BCUT2D eigenvalue weighted by molar-refractivity contribution is -0.384. The average Bonchev–Trinajstić information content (AvgIpc) is 3.11. The van der Waals surface area contributed by atoms with Crippen LogP contribution in [0, 0.1) is 17.0 Å². The van der Waals surface area contributed by atoms with Crippen LogP contribution in [0.1, 0.15) is 29.2 Å². The van der Waals surface area contributed by atoms with Gasteiger partial charge in [0.15, 0.2) is 11.5 Å². The Labute approximate surface area is 212 Å². The van der Waals surface area contributed by atoms with Crippen molar-refractivity contribution >= 4 is 34.7 Å². The van der Waals surface area contributed by atoms with E-state index >= 15 is 0 Å². The van der Waals surface area contributed by atoms with E-state index < -0.39 is 16.1 Å². The molecule has 0 unspecified atom stereocenters. The first-order valence-corrected chi connectivity index (χ1v) is 12.1. The van der Waals surface area contributed by atoms with Crippen molar-refractivity contribution < 1.29 is 24.0 Å². The molecule has 36 heavy (non-hydrogen) atoms. The number of amides is 2. The van der Waals surface area contributed by atoms with Crippen LogP contribution in [0.3, 0.4) is 0 Å². The van der Waals surface area contributed by atoms with Gasteiger partial charge in [0, 0.05) is 12.1 Å². The quantitative estimate of drug-likeness (QED) is 0.197. The van der Waals surface area contributed by atoms with E-state index in [-0.39, 0.29) is 17.1 Å². The van der Waals surface area contributed by atoms with Gasteiger partial charge in [0.05, 0.1) is 23.0 Å². The van der Waals surface area contributed by atoms with Crippen LogP contribution in [0.2, 0.25) is 0 Å². The molecule has 1 fully saturated rings. The summed E-state index contributed by atoms with van der Waals surface area (Å²) >= 11 is 0.854. The number of ether oxygens (including phenoxy) is 2. The number of hydrogen-bond acceptors (Lipinski definition) is 7. The van der Waals surface area contributed by atoms with Crippen molar-refractivity contribution in [2.75, 3.05) is 6.61 Å². The predicted molar refractivity (Wildman–Crippen MR) is 138 cm³/mol. The summed E-state index contributed by atoms with van der Waals surface area (Å²) in [5.74, 6) is 0.715. The number of nitro groups is 1. The predicted octanol–water partition coefficient (Wildman–Crippen LogP) is 6.12. The zero-order valence-electron chi connectivity index (χ0n) is 19.8. The minimum Gasteiger partial charge on any atom is -0.490 e. The number of benzene rings is 3. The highest BCUT2D eigenvalue weighted by atomic mass is 32.2. The Morgan fingerprint density at radius 3 is 2.44 bits per heavy atom. The highest BCUT2D eigenvalue weighted by molar-refractivity contribution is 8.18. The van der Waals surface area contributed by atoms with Crippen molar-refractivity contribution in [3.05, 3.63) is 104 Å². The monoisotopic (exact) mass is 504 g/mol. The Kier molecular flexibility index (Phi) is 7.70. The van der Waals surface area contributed by atoms with Crippen molar-refractivity contribution in [1.29, 1.82) is 0 Å². The zero-order valence-corrected chi connectivity index (χ0v) is 20.6. The molecule has 3 aromatic rings. The van der Waals surface area contributed by atoms with E-state index in [0.717, 1.165) is 27.8 Å². The molecule has 1 aliphatic rings. The molecule has 0 N–H and O–H groups in total. The highest BCUT2D eigenvalue weighted by Crippen LogP contribution is 2.35. The van der Waals surface area contributed by atoms with Gasteiger partial charge in [0.25, 0.3) is 16.8 Å². The second kappa shape index (κ2) is 11.1. The molecule has 9 heteroatoms. The van der Waals surface area contributed by atoms with Crippen LogP contribution >= 0.6 is 11.8 Å². The molecular formula is C27H24N2O6S. The molecule has 0 atom stereocenters. The second-order valence-corrected chi connectivity index (χ2v) is 9.10. The lowest BCUT2D eigenvalue weighted by Gasteiger charge is -2.13. The number of thioether (sulfide) groups is 1. The van der Waals surface area contributed by atoms with E-state index in [9.17, 15) is 19.7 Å². The molecular weight excluding hydrogens is 480 g/mol. The third kappa shape index (κ3) is 5.92. The van der Waals surface area contributed by atoms with E-state index in [4.69, 9.17) is 9.47 Å². The first-order chi connectivity index (χ1) is 17.3. The molecule has 0 bridgehead atoms. The lowest BCUT2D eigenvalue weighted by atomic mass is 10.1. The number of nitro benzene ring substituents is 1. The van der Waals surface area contributed by atoms with Gasteiger partial charge in [-0.3, -0.25) is 24.6 Å². The smallest absolute Gasteiger partial charge is 0.293 e. The number of imide groups is 1. The molecule has 184 valence electrons. The van der Waals surface area contributed by atoms with Gasteiger partial charge < -0.3 is 9.47 Å². The molecule has 0 aliphatic carbocycles. The van der Waals surface area contributed by atoms with Crippen molar-refractivity contribution in [3.8, 4) is 11.5 Å². The summed E-state index contributed by atoms with van der Waals surface area (Å²) in [7, 11) is 0. The Balaban J connectivity index is 1.49. The number of nitrogens with zero attached hydrogens (tertiary/aromatic N) is 2. The lowest BCUT2D eigenvalue weighted by Crippen LogP contribution is -2.27. The molecule has 0 aromatic heterocycles. The molecule has 4 rings (SSSR count). The molecule has 1 aliphatic heterocycles. The van der Waals surface area contributed by atoms with Crippen LogP contribution in [-0.2, 0) is 17.9 Å². The fraction of sp³-hybridized carbons (Fsp3) is 0.185. The van der Waals surface area contributed by atoms with Gasteiger partial charge in [-0.15, -0.1) is 0 Å². The normalized spacial score (nSPS) is 14.4. The summed E-state index contributed by atoms with van der Waals surface area (Å²) in [4.78, 5) is 37.2. The number of aryl methyl sites for hydroxylation is 1. The summed E-state index contributed by atoms with van der Waals surface area (Å²) in [6.07, 6.45) is 1.65. The van der Waals surface area contributed by atoms with Crippen molar-refractivity contribution in [2.45, 2.75) is 27.0 Å². The average molecular weight is 505 g/mol. The van der Waals surface area contributed by atoms with E-state index in [1.807, 2.05) is 32.0 Å². The topological polar surface area (TPSA) is 99.0 Å². The van der Waals surface area contributed by atoms with Gasteiger partial charge in [-0.1, -0.05) is 48.0 Å². The molecule has 0 radical (unpaired) electrons. The number of non-ortho nitro benzene ring substituents is 1. The van der Waals surface area contributed by atoms with Crippen LogP contribution in [0.4, 0.5) is 10.5 Å². The summed E-state index contributed by atoms with van der Waals surface area (Å²) in [5.41, 5.74) is 3.46. The van der Waals surface area contributed by atoms with E-state index in [2.05, 4.69) is 6.07 Å². The van der Waals surface area contributed by atoms with Gasteiger partial charge in [-0.2, -0.15) is 0 Å². The van der Waals surface area contributed by atoms with Crippen molar-refractivity contribution in [1.82, 2.24) is 4.90 Å². The Morgan fingerprint density at radius 2 is 1.75 bits per heavy atom. The SMILES string of the molecule is CCOc1cc(C=C2SC(=O)N(Cc3ccc([N+](=O)[O-])cc3)C2=O)ccc1OCc1cccc(C)c1. The third-order valence-corrected chi connectivity index (χ3v) is 6.31. The molecule has 8 nitrogen and oxygen atoms in total. The number of hydrogen-bond donors (Lipinski definition) is 0. The minimum atomic E-state index is -0.498. The zero-order chi connectivity index (χ0) is 25.7. The van der Waals surface area contributed by atoms with Gasteiger partial charge in [-0.05, 0) is 60.5 Å². The first kappa shape index (κ1) is 25.0. The van der Waals surface area contributed by atoms with Gasteiger partial charge in [-0.25, -0.2) is 0 Å². The maximum atomic E-state index is 12.9. The van der Waals surface area contributed by atoms with Crippen LogP contribution in [0.15, 0.2) is 71.6 Å². The fourth-order valence-corrected chi connectivity index (χ4v) is 4.50. The van der Waals surface area contributed by atoms with Crippen molar-refractivity contribution in [2.24, 2.45) is 0 Å². The maximum Gasteiger partial charge on any atom is 0.293 e. The van der Waals surface area contributed by atoms with Crippen LogP contribution in [0.25, 0.3) is 6.08 Å². The third-order valence-electron chi connectivity index (χ3n) is 5.40. The van der Waals surface area contributed by atoms with E-state index in [1.165, 1.54) is 24.3 Å². The van der Waals surface area contributed by atoms with Crippen molar-refractivity contribution in [3.63, 3.8) is 0 Å². The summed E-state index contributed by atoms with van der Waals surface area (Å²) < 4.78 is 11.7. The standard InChI is InChI=1S/C27H24N2O6S/c1-3-34-24-14-20(9-12-23(24)35-17-21-6-4-5-18(2)13-21)15-25-26(30)28(27(31)36-25)16-19-7-10-22(11-8-19)29(32)33/h4-15H,3,16-17H2,1-2H3.